The topological polar surface area (TPSA) is 98.7 Å². The third-order valence-electron chi connectivity index (χ3n) is 2.70. The Hall–Kier alpha value is -2.67. The van der Waals surface area contributed by atoms with Crippen molar-refractivity contribution in [3.8, 4) is 0 Å². The van der Waals surface area contributed by atoms with Crippen molar-refractivity contribution in [3.05, 3.63) is 66.2 Å². The van der Waals surface area contributed by atoms with E-state index in [9.17, 15) is 18.3 Å². The summed E-state index contributed by atoms with van der Waals surface area (Å²) < 4.78 is 26.9. The molecule has 7 heteroatoms. The highest BCUT2D eigenvalue weighted by Gasteiger charge is 2.16. The van der Waals surface area contributed by atoms with Crippen LogP contribution in [0.3, 0.4) is 0 Å². The fourth-order valence-corrected chi connectivity index (χ4v) is 2.78. The molecule has 2 rings (SSSR count). The van der Waals surface area contributed by atoms with Crippen molar-refractivity contribution in [3.63, 3.8) is 0 Å². The normalized spacial score (nSPS) is 11.9. The van der Waals surface area contributed by atoms with Gasteiger partial charge in [-0.3, -0.25) is 9.71 Å². The van der Waals surface area contributed by atoms with Gasteiger partial charge >= 0.3 is 0 Å². The number of nitrogens with one attached hydrogen (secondary N) is 1. The van der Waals surface area contributed by atoms with Gasteiger partial charge in [0, 0.05) is 5.56 Å². The number of amidine groups is 1. The van der Waals surface area contributed by atoms with Crippen molar-refractivity contribution in [2.45, 2.75) is 4.90 Å². The molecular formula is C15H13N2O4S-. The SMILES string of the molecule is O=C([O-])CN=C(NS(=O)(=O)c1ccccc1)c1ccccc1. The van der Waals surface area contributed by atoms with E-state index < -0.39 is 22.5 Å². The van der Waals surface area contributed by atoms with E-state index in [1.165, 1.54) is 12.1 Å². The van der Waals surface area contributed by atoms with E-state index in [1.54, 1.807) is 48.5 Å². The molecule has 0 heterocycles. The van der Waals surface area contributed by atoms with Gasteiger partial charge in [0.15, 0.2) is 0 Å². The van der Waals surface area contributed by atoms with Crippen LogP contribution in [0.15, 0.2) is 70.6 Å². The molecule has 6 nitrogen and oxygen atoms in total. The van der Waals surface area contributed by atoms with Crippen molar-refractivity contribution in [1.82, 2.24) is 4.72 Å². The molecule has 0 aliphatic heterocycles. The van der Waals surface area contributed by atoms with Gasteiger partial charge < -0.3 is 9.90 Å². The molecule has 0 unspecified atom stereocenters. The van der Waals surface area contributed by atoms with Crippen LogP contribution in [0.1, 0.15) is 5.56 Å². The number of hydrogen-bond acceptors (Lipinski definition) is 5. The lowest BCUT2D eigenvalue weighted by atomic mass is 10.2. The molecule has 0 atom stereocenters. The molecular weight excluding hydrogens is 304 g/mol. The molecule has 1 N–H and O–H groups in total. The summed E-state index contributed by atoms with van der Waals surface area (Å²) in [6.07, 6.45) is 0. The van der Waals surface area contributed by atoms with Gasteiger partial charge in [-0.05, 0) is 12.1 Å². The molecule has 0 amide bonds. The van der Waals surface area contributed by atoms with Crippen molar-refractivity contribution in [1.29, 1.82) is 0 Å². The number of aliphatic imine (C=N–C) groups is 1. The highest BCUT2D eigenvalue weighted by atomic mass is 32.2. The van der Waals surface area contributed by atoms with Gasteiger partial charge in [0.05, 0.1) is 17.4 Å². The number of aliphatic carboxylic acids is 1. The van der Waals surface area contributed by atoms with Crippen LogP contribution in [0.2, 0.25) is 0 Å². The largest absolute Gasteiger partial charge is 0.548 e. The highest BCUT2D eigenvalue weighted by molar-refractivity contribution is 7.90. The molecule has 0 aliphatic rings. The molecule has 0 aromatic heterocycles. The lowest BCUT2D eigenvalue weighted by Gasteiger charge is -2.11. The minimum Gasteiger partial charge on any atom is -0.548 e. The molecule has 0 radical (unpaired) electrons. The number of carboxylic acid groups (broad SMARTS) is 1. The molecule has 114 valence electrons. The third-order valence-corrected chi connectivity index (χ3v) is 4.05. The van der Waals surface area contributed by atoms with E-state index in [2.05, 4.69) is 9.71 Å². The van der Waals surface area contributed by atoms with Crippen LogP contribution in [0.25, 0.3) is 0 Å². The summed E-state index contributed by atoms with van der Waals surface area (Å²) in [6, 6.07) is 16.1. The molecule has 2 aromatic rings. The Morgan fingerprint density at radius 1 is 1.00 bits per heavy atom. The van der Waals surface area contributed by atoms with Crippen LogP contribution in [-0.4, -0.2) is 26.8 Å². The maximum Gasteiger partial charge on any atom is 0.263 e. The minimum absolute atomic E-state index is 0.0475. The first kappa shape index (κ1) is 15.7. The summed E-state index contributed by atoms with van der Waals surface area (Å²) in [5, 5.41) is 10.6. The van der Waals surface area contributed by atoms with Crippen LogP contribution in [0.4, 0.5) is 0 Å². The zero-order valence-corrected chi connectivity index (χ0v) is 12.3. The predicted molar refractivity (Wildman–Crippen MR) is 79.6 cm³/mol. The summed E-state index contributed by atoms with van der Waals surface area (Å²) in [6.45, 7) is -0.637. The average molecular weight is 317 g/mol. The standard InChI is InChI=1S/C15H14N2O4S/c18-14(19)11-16-15(12-7-3-1-4-8-12)17-22(20,21)13-9-5-2-6-10-13/h1-10H,11H2,(H,16,17)(H,18,19)/p-1. The van der Waals surface area contributed by atoms with Crippen LogP contribution in [0, 0.1) is 0 Å². The molecule has 0 aliphatic carbocycles. The van der Waals surface area contributed by atoms with Gasteiger partial charge in [0.2, 0.25) is 0 Å². The fourth-order valence-electron chi connectivity index (χ4n) is 1.71. The zero-order chi connectivity index (χ0) is 16.0. The summed E-state index contributed by atoms with van der Waals surface area (Å²) >= 11 is 0. The number of carbonyl (C=O) groups is 1. The Morgan fingerprint density at radius 3 is 2.09 bits per heavy atom. The highest BCUT2D eigenvalue weighted by Crippen LogP contribution is 2.09. The van der Waals surface area contributed by atoms with Crippen LogP contribution in [-0.2, 0) is 14.8 Å². The van der Waals surface area contributed by atoms with Crippen molar-refractivity contribution in [2.75, 3.05) is 6.54 Å². The van der Waals surface area contributed by atoms with Gasteiger partial charge in [-0.25, -0.2) is 8.42 Å². The van der Waals surface area contributed by atoms with E-state index >= 15 is 0 Å². The minimum atomic E-state index is -3.85. The second-order valence-electron chi connectivity index (χ2n) is 4.32. The Balaban J connectivity index is 2.35. The van der Waals surface area contributed by atoms with Crippen molar-refractivity contribution >= 4 is 21.8 Å². The Bertz CT molecular complexity index is 772. The Kier molecular flexibility index (Phi) is 4.90. The lowest BCUT2D eigenvalue weighted by molar-refractivity contribution is -0.303. The fraction of sp³-hybridized carbons (Fsp3) is 0.0667. The van der Waals surface area contributed by atoms with Crippen molar-refractivity contribution < 1.29 is 18.3 Å². The molecule has 2 aromatic carbocycles. The summed E-state index contributed by atoms with van der Waals surface area (Å²) in [5.41, 5.74) is 0.461. The molecule has 0 saturated heterocycles. The van der Waals surface area contributed by atoms with Gasteiger partial charge in [-0.15, -0.1) is 0 Å². The third kappa shape index (κ3) is 4.16. The van der Waals surface area contributed by atoms with Gasteiger partial charge in [-0.1, -0.05) is 48.5 Å². The zero-order valence-electron chi connectivity index (χ0n) is 11.5. The number of sulfonamides is 1. The van der Waals surface area contributed by atoms with Gasteiger partial charge in [0.1, 0.15) is 5.84 Å². The molecule has 0 bridgehead atoms. The summed E-state index contributed by atoms with van der Waals surface area (Å²) in [5.74, 6) is -1.44. The van der Waals surface area contributed by atoms with E-state index in [0.717, 1.165) is 0 Å². The number of benzene rings is 2. The van der Waals surface area contributed by atoms with E-state index in [0.29, 0.717) is 5.56 Å². The van der Waals surface area contributed by atoms with E-state index in [-0.39, 0.29) is 10.7 Å². The lowest BCUT2D eigenvalue weighted by Crippen LogP contribution is -2.33. The van der Waals surface area contributed by atoms with Crippen LogP contribution in [0.5, 0.6) is 0 Å². The second kappa shape index (κ2) is 6.86. The van der Waals surface area contributed by atoms with E-state index in [4.69, 9.17) is 0 Å². The van der Waals surface area contributed by atoms with Crippen LogP contribution < -0.4 is 9.83 Å². The molecule has 0 fully saturated rings. The molecule has 22 heavy (non-hydrogen) atoms. The number of hydrogen-bond donors (Lipinski definition) is 1. The number of carbonyl (C=O) groups excluding carboxylic acids is 1. The van der Waals surface area contributed by atoms with Crippen molar-refractivity contribution in [2.24, 2.45) is 4.99 Å². The first-order chi connectivity index (χ1) is 10.5. The Labute approximate surface area is 128 Å². The van der Waals surface area contributed by atoms with Crippen LogP contribution >= 0.6 is 0 Å². The van der Waals surface area contributed by atoms with E-state index in [1.807, 2.05) is 0 Å². The average Bonchev–Trinajstić information content (AvgIpc) is 2.53. The maximum atomic E-state index is 12.3. The maximum absolute atomic E-state index is 12.3. The van der Waals surface area contributed by atoms with Gasteiger partial charge in [-0.2, -0.15) is 0 Å². The summed E-state index contributed by atoms with van der Waals surface area (Å²) in [4.78, 5) is 14.4. The van der Waals surface area contributed by atoms with Gasteiger partial charge in [0.25, 0.3) is 10.0 Å². The smallest absolute Gasteiger partial charge is 0.263 e. The first-order valence-corrected chi connectivity index (χ1v) is 7.85. The number of carboxylic acids is 1. The Morgan fingerprint density at radius 2 is 1.55 bits per heavy atom. The number of nitrogens with zero attached hydrogens (tertiary/aromatic N) is 1. The molecule has 0 saturated carbocycles. The summed E-state index contributed by atoms with van der Waals surface area (Å²) in [7, 11) is -3.85. The first-order valence-electron chi connectivity index (χ1n) is 6.36. The second-order valence-corrected chi connectivity index (χ2v) is 6.00. The number of rotatable bonds is 5. The predicted octanol–water partition coefficient (Wildman–Crippen LogP) is 0.162. The monoisotopic (exact) mass is 317 g/mol. The quantitative estimate of drug-likeness (QED) is 0.627. The molecule has 0 spiro atoms.